The lowest BCUT2D eigenvalue weighted by molar-refractivity contribution is -0.127. The maximum atomic E-state index is 13.1. The Balaban J connectivity index is 1.51. The van der Waals surface area contributed by atoms with Gasteiger partial charge in [0.2, 0.25) is 5.91 Å². The van der Waals surface area contributed by atoms with Crippen LogP contribution in [0.5, 0.6) is 11.5 Å². The molecule has 3 aromatic rings. The molecule has 1 N–H and O–H groups in total. The van der Waals surface area contributed by atoms with E-state index < -0.39 is 23.6 Å². The number of thioether (sulfide) groups is 1. The molecule has 0 aromatic heterocycles. The van der Waals surface area contributed by atoms with E-state index >= 15 is 0 Å². The van der Waals surface area contributed by atoms with E-state index in [-0.39, 0.29) is 4.91 Å². The van der Waals surface area contributed by atoms with Crippen molar-refractivity contribution in [1.29, 1.82) is 0 Å². The van der Waals surface area contributed by atoms with Gasteiger partial charge in [0.15, 0.2) is 11.5 Å². The molecule has 0 spiro atoms. The number of methoxy groups -OCH3 is 1. The molecule has 3 amide bonds. The van der Waals surface area contributed by atoms with Crippen molar-refractivity contribution in [1.82, 2.24) is 4.90 Å². The van der Waals surface area contributed by atoms with E-state index in [0.29, 0.717) is 40.8 Å². The number of halogens is 2. The predicted molar refractivity (Wildman–Crippen MR) is 163 cm³/mol. The fraction of sp³-hybridized carbons (Fsp3) is 0.167. The third kappa shape index (κ3) is 7.15. The van der Waals surface area contributed by atoms with E-state index in [1.165, 1.54) is 7.11 Å². The minimum Gasteiger partial charge on any atom is -0.493 e. The van der Waals surface area contributed by atoms with Crippen LogP contribution in [0.25, 0.3) is 6.08 Å². The second-order valence-corrected chi connectivity index (χ2v) is 11.2. The Bertz CT molecular complexity index is 1510. The summed E-state index contributed by atoms with van der Waals surface area (Å²) in [5.74, 6) is -0.000829. The number of hydrogen-bond donors (Lipinski definition) is 1. The molecule has 0 aliphatic carbocycles. The van der Waals surface area contributed by atoms with Gasteiger partial charge in [-0.2, -0.15) is 0 Å². The first kappa shape index (κ1) is 29.5. The molecule has 0 saturated carbocycles. The van der Waals surface area contributed by atoms with Crippen LogP contribution in [0.15, 0.2) is 76.6 Å². The van der Waals surface area contributed by atoms with Crippen LogP contribution in [-0.4, -0.2) is 35.6 Å². The standard InChI is InChI=1S/C30H26BrClN2O5S/c1-4-5-21-12-20(13-25(38-3)28(21)39-17-19-7-9-22(31)10-8-19)14-26-29(36)34(30(37)40-26)16-27(35)33-23-11-6-18(2)24(32)15-23/h4,6-15H,1,5,16-17H2,2-3H3,(H,33,35)/b26-14-. The molecule has 0 bridgehead atoms. The highest BCUT2D eigenvalue weighted by atomic mass is 79.9. The number of benzene rings is 3. The molecule has 1 aliphatic heterocycles. The molecule has 4 rings (SSSR count). The van der Waals surface area contributed by atoms with E-state index in [1.54, 1.807) is 36.4 Å². The lowest BCUT2D eigenvalue weighted by Gasteiger charge is -2.16. The largest absolute Gasteiger partial charge is 0.493 e. The number of aryl methyl sites for hydroxylation is 1. The van der Waals surface area contributed by atoms with Crippen LogP contribution in [0.4, 0.5) is 10.5 Å². The number of allylic oxidation sites excluding steroid dienone is 1. The third-order valence-electron chi connectivity index (χ3n) is 5.96. The Morgan fingerprint density at radius 3 is 2.58 bits per heavy atom. The lowest BCUT2D eigenvalue weighted by Crippen LogP contribution is -2.36. The van der Waals surface area contributed by atoms with Gasteiger partial charge in [0.1, 0.15) is 13.2 Å². The number of ether oxygens (including phenoxy) is 2. The van der Waals surface area contributed by atoms with Gasteiger partial charge in [-0.05, 0) is 84.3 Å². The normalized spacial score (nSPS) is 14.0. The van der Waals surface area contributed by atoms with Gasteiger partial charge in [-0.3, -0.25) is 19.3 Å². The van der Waals surface area contributed by atoms with Crippen molar-refractivity contribution in [2.75, 3.05) is 19.0 Å². The molecule has 10 heteroatoms. The fourth-order valence-electron chi connectivity index (χ4n) is 3.93. The van der Waals surface area contributed by atoms with Crippen molar-refractivity contribution >= 4 is 68.1 Å². The quantitative estimate of drug-likeness (QED) is 0.183. The molecule has 0 unspecified atom stereocenters. The van der Waals surface area contributed by atoms with Crippen LogP contribution in [0.1, 0.15) is 22.3 Å². The minimum atomic E-state index is -0.549. The van der Waals surface area contributed by atoms with Crippen LogP contribution in [0.2, 0.25) is 5.02 Å². The number of carbonyl (C=O) groups is 3. The molecule has 3 aromatic carbocycles. The fourth-order valence-corrected chi connectivity index (χ4v) is 5.21. The van der Waals surface area contributed by atoms with E-state index in [1.807, 2.05) is 37.3 Å². The highest BCUT2D eigenvalue weighted by molar-refractivity contribution is 9.10. The third-order valence-corrected chi connectivity index (χ3v) is 7.81. The van der Waals surface area contributed by atoms with E-state index in [9.17, 15) is 14.4 Å². The van der Waals surface area contributed by atoms with Crippen molar-refractivity contribution in [2.45, 2.75) is 20.0 Å². The highest BCUT2D eigenvalue weighted by Gasteiger charge is 2.36. The second-order valence-electron chi connectivity index (χ2n) is 8.90. The van der Waals surface area contributed by atoms with Gasteiger partial charge in [-0.15, -0.1) is 6.58 Å². The van der Waals surface area contributed by atoms with E-state index in [0.717, 1.165) is 37.8 Å². The average Bonchev–Trinajstić information content (AvgIpc) is 3.18. The monoisotopic (exact) mass is 640 g/mol. The summed E-state index contributed by atoms with van der Waals surface area (Å²) in [6.45, 7) is 5.61. The first-order valence-electron chi connectivity index (χ1n) is 12.2. The molecule has 40 heavy (non-hydrogen) atoms. The summed E-state index contributed by atoms with van der Waals surface area (Å²) in [5, 5.41) is 2.65. The topological polar surface area (TPSA) is 84.9 Å². The summed E-state index contributed by atoms with van der Waals surface area (Å²) in [4.78, 5) is 39.4. The van der Waals surface area contributed by atoms with Gasteiger partial charge in [-0.25, -0.2) is 0 Å². The molecule has 0 radical (unpaired) electrons. The summed E-state index contributed by atoms with van der Waals surface area (Å²) < 4.78 is 12.7. The zero-order chi connectivity index (χ0) is 28.8. The van der Waals surface area contributed by atoms with Crippen molar-refractivity contribution < 1.29 is 23.9 Å². The zero-order valence-corrected chi connectivity index (χ0v) is 25.0. The maximum absolute atomic E-state index is 13.1. The summed E-state index contributed by atoms with van der Waals surface area (Å²) in [6, 6.07) is 16.5. The summed E-state index contributed by atoms with van der Waals surface area (Å²) in [7, 11) is 1.54. The zero-order valence-electron chi connectivity index (χ0n) is 21.8. The lowest BCUT2D eigenvalue weighted by atomic mass is 10.0. The number of rotatable bonds is 10. The Kier molecular flexibility index (Phi) is 9.73. The summed E-state index contributed by atoms with van der Waals surface area (Å²) in [5.41, 5.74) is 3.80. The molecule has 7 nitrogen and oxygen atoms in total. The number of hydrogen-bond acceptors (Lipinski definition) is 6. The average molecular weight is 642 g/mol. The first-order valence-corrected chi connectivity index (χ1v) is 14.2. The van der Waals surface area contributed by atoms with Gasteiger partial charge >= 0.3 is 0 Å². The summed E-state index contributed by atoms with van der Waals surface area (Å²) in [6.07, 6.45) is 3.85. The predicted octanol–water partition coefficient (Wildman–Crippen LogP) is 7.40. The van der Waals surface area contributed by atoms with Gasteiger partial charge in [0, 0.05) is 20.7 Å². The van der Waals surface area contributed by atoms with E-state index in [4.69, 9.17) is 21.1 Å². The smallest absolute Gasteiger partial charge is 0.294 e. The van der Waals surface area contributed by atoms with Crippen LogP contribution < -0.4 is 14.8 Å². The second kappa shape index (κ2) is 13.2. The number of nitrogens with one attached hydrogen (secondary N) is 1. The Morgan fingerprint density at radius 1 is 1.15 bits per heavy atom. The Labute approximate surface area is 250 Å². The first-order chi connectivity index (χ1) is 19.2. The maximum Gasteiger partial charge on any atom is 0.294 e. The molecular weight excluding hydrogens is 616 g/mol. The van der Waals surface area contributed by atoms with E-state index in [2.05, 4.69) is 27.8 Å². The molecule has 0 atom stereocenters. The van der Waals surface area contributed by atoms with Crippen LogP contribution in [0, 0.1) is 6.92 Å². The molecule has 1 heterocycles. The van der Waals surface area contributed by atoms with Crippen LogP contribution >= 0.6 is 39.3 Å². The molecular formula is C30H26BrClN2O5S. The summed E-state index contributed by atoms with van der Waals surface area (Å²) >= 11 is 10.3. The molecule has 1 saturated heterocycles. The molecule has 206 valence electrons. The SMILES string of the molecule is C=CCc1cc(/C=C2\SC(=O)N(CC(=O)Nc3ccc(C)c(Cl)c3)C2=O)cc(OC)c1OCc1ccc(Br)cc1. The van der Waals surface area contributed by atoms with Gasteiger partial charge in [0.25, 0.3) is 11.1 Å². The number of nitrogens with zero attached hydrogens (tertiary/aromatic N) is 1. The van der Waals surface area contributed by atoms with Crippen molar-refractivity contribution in [3.63, 3.8) is 0 Å². The van der Waals surface area contributed by atoms with Gasteiger partial charge in [0.05, 0.1) is 12.0 Å². The number of anilines is 1. The Hall–Kier alpha value is -3.53. The van der Waals surface area contributed by atoms with Crippen LogP contribution in [-0.2, 0) is 22.6 Å². The van der Waals surface area contributed by atoms with Crippen molar-refractivity contribution in [3.8, 4) is 11.5 Å². The number of carbonyl (C=O) groups excluding carboxylic acids is 3. The molecule has 1 aliphatic rings. The number of imide groups is 1. The van der Waals surface area contributed by atoms with Gasteiger partial charge < -0.3 is 14.8 Å². The van der Waals surface area contributed by atoms with Gasteiger partial charge in [-0.1, -0.05) is 51.8 Å². The van der Waals surface area contributed by atoms with Crippen molar-refractivity contribution in [2.24, 2.45) is 0 Å². The van der Waals surface area contributed by atoms with Crippen molar-refractivity contribution in [3.05, 3.63) is 104 Å². The Morgan fingerprint density at radius 2 is 1.90 bits per heavy atom. The number of amides is 3. The molecule has 1 fully saturated rings. The highest BCUT2D eigenvalue weighted by Crippen LogP contribution is 2.37. The van der Waals surface area contributed by atoms with Crippen LogP contribution in [0.3, 0.4) is 0 Å². The minimum absolute atomic E-state index is 0.200.